The fourth-order valence-electron chi connectivity index (χ4n) is 1.83. The van der Waals surface area contributed by atoms with E-state index < -0.39 is 11.0 Å². The first-order valence-corrected chi connectivity index (χ1v) is 4.80. The van der Waals surface area contributed by atoms with Crippen LogP contribution in [-0.4, -0.2) is 16.7 Å². The number of nitro groups is 1. The molecule has 0 spiro atoms. The number of Topliss-reactive ketones (excluding diaryl/α,β-unsaturated/α-hetero) is 1. The number of hydrogen-bond donors (Lipinski definition) is 0. The van der Waals surface area contributed by atoms with Crippen molar-refractivity contribution < 1.29 is 9.72 Å². The molecule has 1 aliphatic rings. The third-order valence-corrected chi connectivity index (χ3v) is 2.74. The molecule has 1 atom stereocenters. The minimum absolute atomic E-state index is 0.0471. The summed E-state index contributed by atoms with van der Waals surface area (Å²) in [6, 6.07) is -1.01. The van der Waals surface area contributed by atoms with E-state index in [4.69, 9.17) is 0 Å². The van der Waals surface area contributed by atoms with Crippen LogP contribution in [0.25, 0.3) is 0 Å². The first-order valence-electron chi connectivity index (χ1n) is 4.80. The third kappa shape index (κ3) is 2.50. The highest BCUT2D eigenvalue weighted by Crippen LogP contribution is 2.25. The van der Waals surface area contributed by atoms with Crippen molar-refractivity contribution in [3.63, 3.8) is 0 Å². The second-order valence-corrected chi connectivity index (χ2v) is 3.70. The van der Waals surface area contributed by atoms with Gasteiger partial charge in [0.25, 0.3) is 6.04 Å². The molecule has 0 bridgehead atoms. The summed E-state index contributed by atoms with van der Waals surface area (Å²) in [4.78, 5) is 21.4. The van der Waals surface area contributed by atoms with Crippen LogP contribution in [0.5, 0.6) is 0 Å². The molecule has 1 saturated carbocycles. The monoisotopic (exact) mass is 185 g/mol. The topological polar surface area (TPSA) is 60.2 Å². The normalized spacial score (nSPS) is 21.0. The van der Waals surface area contributed by atoms with Crippen molar-refractivity contribution in [1.82, 2.24) is 0 Å². The van der Waals surface area contributed by atoms with Gasteiger partial charge in [0.05, 0.1) is 0 Å². The molecule has 1 unspecified atom stereocenters. The van der Waals surface area contributed by atoms with Crippen LogP contribution in [0, 0.1) is 16.0 Å². The van der Waals surface area contributed by atoms with E-state index >= 15 is 0 Å². The van der Waals surface area contributed by atoms with E-state index in [0.717, 1.165) is 32.1 Å². The van der Waals surface area contributed by atoms with Gasteiger partial charge >= 0.3 is 0 Å². The van der Waals surface area contributed by atoms with Crippen LogP contribution in [0.4, 0.5) is 0 Å². The average Bonchev–Trinajstić information content (AvgIpc) is 2.17. The van der Waals surface area contributed by atoms with E-state index in [-0.39, 0.29) is 11.7 Å². The van der Waals surface area contributed by atoms with Gasteiger partial charge < -0.3 is 0 Å². The Labute approximate surface area is 77.5 Å². The average molecular weight is 185 g/mol. The lowest BCUT2D eigenvalue weighted by Gasteiger charge is -2.20. The standard InChI is InChI=1S/C9H15NO3/c1-7(10(12)13)9(11)8-5-3-2-4-6-8/h7-8H,2-6H2,1H3. The maximum Gasteiger partial charge on any atom is 0.267 e. The zero-order chi connectivity index (χ0) is 9.84. The highest BCUT2D eigenvalue weighted by Gasteiger charge is 2.31. The molecule has 1 aliphatic carbocycles. The molecular weight excluding hydrogens is 170 g/mol. The molecule has 0 aromatic rings. The van der Waals surface area contributed by atoms with Crippen LogP contribution in [0.2, 0.25) is 0 Å². The Balaban J connectivity index is 2.50. The lowest BCUT2D eigenvalue weighted by Crippen LogP contribution is -2.33. The van der Waals surface area contributed by atoms with E-state index in [1.54, 1.807) is 0 Å². The van der Waals surface area contributed by atoms with Gasteiger partial charge in [-0.3, -0.25) is 14.9 Å². The van der Waals surface area contributed by atoms with Gasteiger partial charge in [-0.1, -0.05) is 19.3 Å². The molecular formula is C9H15NO3. The fraction of sp³-hybridized carbons (Fsp3) is 0.889. The smallest absolute Gasteiger partial charge is 0.267 e. The molecule has 13 heavy (non-hydrogen) atoms. The molecule has 0 aromatic heterocycles. The number of carbonyl (C=O) groups excluding carboxylic acids is 1. The fourth-order valence-corrected chi connectivity index (χ4v) is 1.83. The maximum atomic E-state index is 11.5. The Morgan fingerprint density at radius 1 is 1.38 bits per heavy atom. The van der Waals surface area contributed by atoms with Crippen LogP contribution in [0.15, 0.2) is 0 Å². The number of carbonyl (C=O) groups is 1. The van der Waals surface area contributed by atoms with Crippen LogP contribution in [0.3, 0.4) is 0 Å². The van der Waals surface area contributed by atoms with Crippen molar-refractivity contribution in [3.05, 3.63) is 10.1 Å². The maximum absolute atomic E-state index is 11.5. The Bertz CT molecular complexity index is 209. The minimum atomic E-state index is -1.01. The number of nitrogens with zero attached hydrogens (tertiary/aromatic N) is 1. The summed E-state index contributed by atoms with van der Waals surface area (Å²) in [7, 11) is 0. The van der Waals surface area contributed by atoms with Gasteiger partial charge in [0.1, 0.15) is 0 Å². The second kappa shape index (κ2) is 4.35. The van der Waals surface area contributed by atoms with Crippen molar-refractivity contribution in [1.29, 1.82) is 0 Å². The lowest BCUT2D eigenvalue weighted by atomic mass is 9.84. The molecule has 0 saturated heterocycles. The Morgan fingerprint density at radius 3 is 2.38 bits per heavy atom. The molecule has 4 nitrogen and oxygen atoms in total. The zero-order valence-corrected chi connectivity index (χ0v) is 7.86. The number of hydrogen-bond acceptors (Lipinski definition) is 3. The van der Waals surface area contributed by atoms with Crippen LogP contribution in [0.1, 0.15) is 39.0 Å². The van der Waals surface area contributed by atoms with Crippen LogP contribution >= 0.6 is 0 Å². The Kier molecular flexibility index (Phi) is 3.39. The molecule has 0 aromatic carbocycles. The summed E-state index contributed by atoms with van der Waals surface area (Å²) >= 11 is 0. The van der Waals surface area contributed by atoms with E-state index in [0.29, 0.717) is 0 Å². The van der Waals surface area contributed by atoms with Crippen LogP contribution in [-0.2, 0) is 4.79 Å². The third-order valence-electron chi connectivity index (χ3n) is 2.74. The molecule has 0 N–H and O–H groups in total. The van der Waals surface area contributed by atoms with Gasteiger partial charge in [-0.15, -0.1) is 0 Å². The van der Waals surface area contributed by atoms with Crippen molar-refractivity contribution in [2.45, 2.75) is 45.1 Å². The predicted octanol–water partition coefficient (Wildman–Crippen LogP) is 1.80. The SMILES string of the molecule is CC(C(=O)C1CCCCC1)[N+](=O)[O-]. The summed E-state index contributed by atoms with van der Waals surface area (Å²) in [6.45, 7) is 1.39. The van der Waals surface area contributed by atoms with Crippen LogP contribution < -0.4 is 0 Å². The molecule has 1 rings (SSSR count). The Hall–Kier alpha value is -0.930. The summed E-state index contributed by atoms with van der Waals surface area (Å²) in [5, 5.41) is 10.4. The molecule has 1 fully saturated rings. The van der Waals surface area contributed by atoms with Gasteiger partial charge in [0.15, 0.2) is 0 Å². The van der Waals surface area contributed by atoms with Gasteiger partial charge in [-0.25, -0.2) is 0 Å². The summed E-state index contributed by atoms with van der Waals surface area (Å²) < 4.78 is 0. The summed E-state index contributed by atoms with van der Waals surface area (Å²) in [5.74, 6) is -0.223. The van der Waals surface area contributed by atoms with Crippen molar-refractivity contribution in [2.75, 3.05) is 0 Å². The lowest BCUT2D eigenvalue weighted by molar-refractivity contribution is -0.503. The van der Waals surface area contributed by atoms with E-state index in [1.807, 2.05) is 0 Å². The largest absolute Gasteiger partial charge is 0.292 e. The number of ketones is 1. The second-order valence-electron chi connectivity index (χ2n) is 3.70. The van der Waals surface area contributed by atoms with Gasteiger partial charge in [-0.05, 0) is 12.8 Å². The summed E-state index contributed by atoms with van der Waals surface area (Å²) in [6.07, 6.45) is 4.94. The van der Waals surface area contributed by atoms with Gasteiger partial charge in [-0.2, -0.15) is 0 Å². The molecule has 0 heterocycles. The minimum Gasteiger partial charge on any atom is -0.292 e. The number of rotatable bonds is 3. The van der Waals surface area contributed by atoms with Crippen molar-refractivity contribution in [3.8, 4) is 0 Å². The Morgan fingerprint density at radius 2 is 1.92 bits per heavy atom. The van der Waals surface area contributed by atoms with E-state index in [1.165, 1.54) is 6.92 Å². The van der Waals surface area contributed by atoms with Gasteiger partial charge in [0.2, 0.25) is 5.78 Å². The highest BCUT2D eigenvalue weighted by atomic mass is 16.6. The van der Waals surface area contributed by atoms with Gasteiger partial charge in [0, 0.05) is 17.8 Å². The quantitative estimate of drug-likeness (QED) is 0.497. The predicted molar refractivity (Wildman–Crippen MR) is 48.0 cm³/mol. The molecule has 74 valence electrons. The molecule has 0 radical (unpaired) electrons. The van der Waals surface area contributed by atoms with Crippen molar-refractivity contribution in [2.24, 2.45) is 5.92 Å². The molecule has 0 amide bonds. The van der Waals surface area contributed by atoms with E-state index in [2.05, 4.69) is 0 Å². The van der Waals surface area contributed by atoms with Crippen molar-refractivity contribution >= 4 is 5.78 Å². The van der Waals surface area contributed by atoms with E-state index in [9.17, 15) is 14.9 Å². The molecule has 0 aliphatic heterocycles. The first kappa shape index (κ1) is 10.2. The summed E-state index contributed by atoms with van der Waals surface area (Å²) in [5.41, 5.74) is 0. The highest BCUT2D eigenvalue weighted by molar-refractivity contribution is 5.84. The molecule has 4 heteroatoms. The zero-order valence-electron chi connectivity index (χ0n) is 7.86. The first-order chi connectivity index (χ1) is 6.13.